The van der Waals surface area contributed by atoms with Gasteiger partial charge in [0.1, 0.15) is 29.7 Å². The maximum atomic E-state index is 12.4. The smallest absolute Gasteiger partial charge is 0.257 e. The van der Waals surface area contributed by atoms with Gasteiger partial charge in [-0.05, 0) is 49.7 Å². The summed E-state index contributed by atoms with van der Waals surface area (Å²) in [5, 5.41) is 15.5. The molecule has 3 aromatic carbocycles. The molecule has 2 N–H and O–H groups in total. The Morgan fingerprint density at radius 2 is 1.66 bits per heavy atom. The third-order valence-electron chi connectivity index (χ3n) is 5.33. The monoisotopic (exact) mass is 529 g/mol. The van der Waals surface area contributed by atoms with E-state index in [9.17, 15) is 9.59 Å². The van der Waals surface area contributed by atoms with E-state index in [4.69, 9.17) is 9.47 Å². The predicted octanol–water partition coefficient (Wildman–Crippen LogP) is 4.56. The van der Waals surface area contributed by atoms with Crippen LogP contribution in [0.25, 0.3) is 0 Å². The van der Waals surface area contributed by atoms with Crippen molar-refractivity contribution in [2.45, 2.75) is 20.3 Å². The Morgan fingerprint density at radius 3 is 2.47 bits per heavy atom. The van der Waals surface area contributed by atoms with Gasteiger partial charge in [0.15, 0.2) is 0 Å². The number of carbonyl (C=O) groups is 2. The minimum absolute atomic E-state index is 0.0241. The van der Waals surface area contributed by atoms with Crippen molar-refractivity contribution < 1.29 is 19.1 Å². The Bertz CT molecular complexity index is 1420. The molecule has 0 radical (unpaired) electrons. The van der Waals surface area contributed by atoms with Crippen LogP contribution >= 0.6 is 11.3 Å². The first kappa shape index (κ1) is 26.5. The normalized spacial score (nSPS) is 10.8. The van der Waals surface area contributed by atoms with Crippen LogP contribution in [-0.2, 0) is 11.2 Å². The number of anilines is 1. The topological polar surface area (TPSA) is 115 Å². The van der Waals surface area contributed by atoms with Gasteiger partial charge < -0.3 is 9.47 Å². The van der Waals surface area contributed by atoms with E-state index >= 15 is 0 Å². The van der Waals surface area contributed by atoms with Crippen molar-refractivity contribution in [2.24, 2.45) is 5.10 Å². The van der Waals surface area contributed by atoms with Gasteiger partial charge in [0.05, 0.1) is 12.6 Å². The molecule has 0 saturated heterocycles. The van der Waals surface area contributed by atoms with Gasteiger partial charge in [0.25, 0.3) is 5.91 Å². The van der Waals surface area contributed by atoms with Gasteiger partial charge in [-0.2, -0.15) is 5.10 Å². The maximum Gasteiger partial charge on any atom is 0.257 e. The number of benzene rings is 3. The molecule has 0 aliphatic rings. The number of ether oxygens (including phenoxy) is 2. The minimum Gasteiger partial charge on any atom is -0.490 e. The van der Waals surface area contributed by atoms with E-state index < -0.39 is 0 Å². The van der Waals surface area contributed by atoms with Crippen molar-refractivity contribution in [3.63, 3.8) is 0 Å². The number of rotatable bonds is 11. The predicted molar refractivity (Wildman–Crippen MR) is 147 cm³/mol. The zero-order valence-electron chi connectivity index (χ0n) is 21.0. The van der Waals surface area contributed by atoms with Crippen LogP contribution in [0.4, 0.5) is 5.13 Å². The first-order valence-corrected chi connectivity index (χ1v) is 12.7. The van der Waals surface area contributed by atoms with Gasteiger partial charge in [0.2, 0.25) is 11.0 Å². The van der Waals surface area contributed by atoms with Gasteiger partial charge in [-0.15, -0.1) is 10.2 Å². The third-order valence-corrected chi connectivity index (χ3v) is 6.17. The first-order chi connectivity index (χ1) is 18.5. The second-order valence-electron chi connectivity index (χ2n) is 8.29. The van der Waals surface area contributed by atoms with Crippen molar-refractivity contribution >= 4 is 34.5 Å². The Labute approximate surface area is 224 Å². The molecule has 1 heterocycles. The third kappa shape index (κ3) is 7.71. The lowest BCUT2D eigenvalue weighted by Crippen LogP contribution is -2.19. The highest BCUT2D eigenvalue weighted by molar-refractivity contribution is 7.15. The number of nitrogens with zero attached hydrogens (tertiary/aromatic N) is 3. The molecule has 0 spiro atoms. The molecule has 0 aliphatic carbocycles. The number of hydrogen-bond donors (Lipinski definition) is 2. The average Bonchev–Trinajstić information content (AvgIpc) is 3.35. The second kappa shape index (κ2) is 13.1. The van der Waals surface area contributed by atoms with Crippen molar-refractivity contribution in [3.8, 4) is 11.5 Å². The van der Waals surface area contributed by atoms with Crippen LogP contribution in [-0.4, -0.2) is 41.4 Å². The summed E-state index contributed by atoms with van der Waals surface area (Å²) in [6, 6.07) is 22.4. The molecule has 4 aromatic rings. The van der Waals surface area contributed by atoms with E-state index in [1.165, 1.54) is 11.8 Å². The quantitative estimate of drug-likeness (QED) is 0.167. The largest absolute Gasteiger partial charge is 0.490 e. The molecule has 0 saturated carbocycles. The van der Waals surface area contributed by atoms with Crippen LogP contribution in [0, 0.1) is 13.8 Å². The fraction of sp³-hybridized carbons (Fsp3) is 0.179. The number of amides is 2. The van der Waals surface area contributed by atoms with Crippen LogP contribution in [0.15, 0.2) is 77.9 Å². The molecular weight excluding hydrogens is 502 g/mol. The number of para-hydroxylation sites is 1. The number of hydrazone groups is 1. The molecule has 4 rings (SSSR count). The molecule has 0 fully saturated rings. The number of hydrogen-bond acceptors (Lipinski definition) is 8. The standard InChI is InChI=1S/C28H27N5O4S/c1-19-11-13-22(14-12-19)36-15-16-37-24-10-6-4-8-21(24)18-29-31-25(34)17-26-32-33-28(38-26)30-27(35)23-9-5-3-7-20(23)2/h3-14,18H,15-17H2,1-2H3,(H,31,34)(H,30,33,35)/b29-18-. The molecule has 0 unspecified atom stereocenters. The summed E-state index contributed by atoms with van der Waals surface area (Å²) in [5.41, 5.74) is 5.78. The van der Waals surface area contributed by atoms with Gasteiger partial charge in [-0.1, -0.05) is 59.4 Å². The lowest BCUT2D eigenvalue weighted by atomic mass is 10.1. The zero-order chi connectivity index (χ0) is 26.7. The molecule has 2 amide bonds. The number of aromatic nitrogens is 2. The van der Waals surface area contributed by atoms with Gasteiger partial charge >= 0.3 is 0 Å². The molecular formula is C28H27N5O4S. The zero-order valence-corrected chi connectivity index (χ0v) is 21.8. The van der Waals surface area contributed by atoms with Crippen LogP contribution in [0.3, 0.4) is 0 Å². The van der Waals surface area contributed by atoms with Crippen LogP contribution in [0.1, 0.15) is 32.1 Å². The van der Waals surface area contributed by atoms with Crippen molar-refractivity contribution in [3.05, 3.63) is 100 Å². The average molecular weight is 530 g/mol. The summed E-state index contributed by atoms with van der Waals surface area (Å²) in [6.07, 6.45) is 1.49. The minimum atomic E-state index is -0.362. The number of nitrogens with one attached hydrogen (secondary N) is 2. The highest BCUT2D eigenvalue weighted by Gasteiger charge is 2.13. The molecule has 9 nitrogen and oxygen atoms in total. The Hall–Kier alpha value is -4.57. The number of carbonyl (C=O) groups excluding carboxylic acids is 2. The SMILES string of the molecule is Cc1ccc(OCCOc2ccccc2/C=N\NC(=O)Cc2nnc(NC(=O)c3ccccc3C)s2)cc1. The molecule has 10 heteroatoms. The lowest BCUT2D eigenvalue weighted by molar-refractivity contribution is -0.120. The van der Waals surface area contributed by atoms with E-state index in [2.05, 4.69) is 26.0 Å². The highest BCUT2D eigenvalue weighted by atomic mass is 32.1. The van der Waals surface area contributed by atoms with Crippen molar-refractivity contribution in [1.29, 1.82) is 0 Å². The Balaban J connectivity index is 1.23. The summed E-state index contributed by atoms with van der Waals surface area (Å²) in [7, 11) is 0. The fourth-order valence-corrected chi connectivity index (χ4v) is 4.12. The van der Waals surface area contributed by atoms with Crippen LogP contribution < -0.4 is 20.2 Å². The highest BCUT2D eigenvalue weighted by Crippen LogP contribution is 2.18. The van der Waals surface area contributed by atoms with Gasteiger partial charge in [-0.3, -0.25) is 14.9 Å². The Kier molecular flexibility index (Phi) is 9.14. The van der Waals surface area contributed by atoms with Gasteiger partial charge in [0, 0.05) is 11.1 Å². The fourth-order valence-electron chi connectivity index (χ4n) is 3.38. The first-order valence-electron chi connectivity index (χ1n) is 11.9. The van der Waals surface area contributed by atoms with Crippen LogP contribution in [0.5, 0.6) is 11.5 Å². The van der Waals surface area contributed by atoms with E-state index in [-0.39, 0.29) is 18.2 Å². The maximum absolute atomic E-state index is 12.4. The summed E-state index contributed by atoms with van der Waals surface area (Å²) in [4.78, 5) is 24.8. The summed E-state index contributed by atoms with van der Waals surface area (Å²) < 4.78 is 11.5. The molecule has 0 atom stereocenters. The van der Waals surface area contributed by atoms with E-state index in [1.807, 2.05) is 74.5 Å². The lowest BCUT2D eigenvalue weighted by Gasteiger charge is -2.10. The number of aryl methyl sites for hydroxylation is 2. The van der Waals surface area contributed by atoms with Gasteiger partial charge in [-0.25, -0.2) is 5.43 Å². The van der Waals surface area contributed by atoms with Crippen molar-refractivity contribution in [2.75, 3.05) is 18.5 Å². The molecule has 0 bridgehead atoms. The van der Waals surface area contributed by atoms with Crippen molar-refractivity contribution in [1.82, 2.24) is 15.6 Å². The summed E-state index contributed by atoms with van der Waals surface area (Å²) >= 11 is 1.13. The molecule has 1 aromatic heterocycles. The Morgan fingerprint density at radius 1 is 0.921 bits per heavy atom. The molecule has 194 valence electrons. The molecule has 38 heavy (non-hydrogen) atoms. The second-order valence-corrected chi connectivity index (χ2v) is 9.35. The summed E-state index contributed by atoms with van der Waals surface area (Å²) in [6.45, 7) is 4.62. The summed E-state index contributed by atoms with van der Waals surface area (Å²) in [5.74, 6) is 0.769. The van der Waals surface area contributed by atoms with E-state index in [0.29, 0.717) is 40.2 Å². The van der Waals surface area contributed by atoms with Crippen LogP contribution in [0.2, 0.25) is 0 Å². The molecule has 0 aliphatic heterocycles. The van der Waals surface area contributed by atoms with E-state index in [0.717, 1.165) is 22.6 Å². The van der Waals surface area contributed by atoms with E-state index in [1.54, 1.807) is 12.1 Å².